The minimum Gasteiger partial charge on any atom is -0.470 e. The molecule has 1 heterocycles. The summed E-state index contributed by atoms with van der Waals surface area (Å²) in [7, 11) is 0. The normalized spacial score (nSPS) is 21.4. The molecular weight excluding hydrogens is 180 g/mol. The fraction of sp³-hybridized carbons (Fsp3) is 0.500. The molecule has 0 saturated carbocycles. The minimum absolute atomic E-state index is 0.0770. The summed E-state index contributed by atoms with van der Waals surface area (Å²) in [6, 6.07) is 0. The van der Waals surface area contributed by atoms with Gasteiger partial charge in [-0.2, -0.15) is 0 Å². The molecule has 1 rings (SSSR count). The zero-order valence-electron chi connectivity index (χ0n) is 8.63. The number of Topliss-reactive ketones (excluding diaryl/α,β-unsaturated/α-hetero) is 1. The first-order valence-corrected chi connectivity index (χ1v) is 4.55. The second-order valence-corrected chi connectivity index (χ2v) is 3.25. The summed E-state index contributed by atoms with van der Waals surface area (Å²) < 4.78 is 5.15. The summed E-state index contributed by atoms with van der Waals surface area (Å²) in [6.45, 7) is 5.42. The second kappa shape index (κ2) is 4.17. The number of ether oxygens (including phenoxy) is 1. The van der Waals surface area contributed by atoms with Crippen LogP contribution < -0.4 is 0 Å². The molecule has 1 unspecified atom stereocenters. The van der Waals surface area contributed by atoms with Crippen molar-refractivity contribution in [2.75, 3.05) is 0 Å². The molecule has 14 heavy (non-hydrogen) atoms. The van der Waals surface area contributed by atoms with Crippen LogP contribution in [0.3, 0.4) is 0 Å². The van der Waals surface area contributed by atoms with E-state index >= 15 is 0 Å². The molecule has 1 aliphatic rings. The number of hydrogen-bond acceptors (Lipinski definition) is 4. The molecule has 0 aromatic rings. The highest BCUT2D eigenvalue weighted by molar-refractivity contribution is 6.00. The number of carbonyl (C=O) groups excluding carboxylic acids is 1. The van der Waals surface area contributed by atoms with E-state index in [4.69, 9.17) is 10.3 Å². The van der Waals surface area contributed by atoms with Crippen molar-refractivity contribution in [2.24, 2.45) is 5.11 Å². The molecule has 76 valence electrons. The Morgan fingerprint density at radius 3 is 2.79 bits per heavy atom. The molecule has 1 N–H and O–H groups in total. The maximum Gasteiger partial charge on any atom is 0.230 e. The van der Waals surface area contributed by atoms with Crippen LogP contribution in [-0.2, 0) is 9.53 Å². The third-order valence-corrected chi connectivity index (χ3v) is 2.25. The van der Waals surface area contributed by atoms with Crippen LogP contribution in [0.25, 0.3) is 0 Å². The minimum atomic E-state index is -0.621. The first-order chi connectivity index (χ1) is 6.61. The van der Waals surface area contributed by atoms with Crippen molar-refractivity contribution >= 4 is 5.78 Å². The second-order valence-electron chi connectivity index (χ2n) is 3.25. The van der Waals surface area contributed by atoms with E-state index in [0.29, 0.717) is 12.0 Å². The predicted molar refractivity (Wildman–Crippen MR) is 51.8 cm³/mol. The predicted octanol–water partition coefficient (Wildman–Crippen LogP) is 2.57. The highest BCUT2D eigenvalue weighted by atomic mass is 16.5. The Hall–Kier alpha value is -1.45. The van der Waals surface area contributed by atoms with E-state index in [-0.39, 0.29) is 5.78 Å². The Morgan fingerprint density at radius 1 is 1.64 bits per heavy atom. The van der Waals surface area contributed by atoms with Gasteiger partial charge in [-0.1, -0.05) is 6.92 Å². The molecule has 0 spiro atoms. The lowest BCUT2D eigenvalue weighted by Crippen LogP contribution is -2.19. The molecule has 0 aliphatic carbocycles. The lowest BCUT2D eigenvalue weighted by molar-refractivity contribution is -0.115. The average molecular weight is 194 g/mol. The maximum absolute atomic E-state index is 11.6. The summed E-state index contributed by atoms with van der Waals surface area (Å²) >= 11 is 0. The lowest BCUT2D eigenvalue weighted by Gasteiger charge is -2.21. The fourth-order valence-corrected chi connectivity index (χ4v) is 1.51. The summed E-state index contributed by atoms with van der Waals surface area (Å²) in [5.41, 5.74) is 9.12. The van der Waals surface area contributed by atoms with Crippen molar-refractivity contribution in [3.8, 4) is 0 Å². The standard InChI is InChI=1S/C10H14N2O2/c1-4-8(13)9-6(2)5-14-10(12-11)7(9)3/h5,10-11H,4H2,1-3H3. The molecule has 0 bridgehead atoms. The van der Waals surface area contributed by atoms with Crippen LogP contribution >= 0.6 is 0 Å². The Balaban J connectivity index is 3.12. The molecule has 1 aliphatic heterocycles. The molecule has 0 aromatic heterocycles. The number of nitrogens with zero attached hydrogens (tertiary/aromatic N) is 1. The molecule has 0 fully saturated rings. The van der Waals surface area contributed by atoms with E-state index in [0.717, 1.165) is 11.1 Å². The third kappa shape index (κ3) is 1.73. The third-order valence-electron chi connectivity index (χ3n) is 2.25. The van der Waals surface area contributed by atoms with Gasteiger partial charge < -0.3 is 4.74 Å². The zero-order valence-corrected chi connectivity index (χ0v) is 8.63. The topological polar surface area (TPSA) is 62.5 Å². The molecule has 4 nitrogen and oxygen atoms in total. The summed E-state index contributed by atoms with van der Waals surface area (Å²) in [5.74, 6) is 0.0770. The van der Waals surface area contributed by atoms with E-state index in [9.17, 15) is 4.79 Å². The highest BCUT2D eigenvalue weighted by Crippen LogP contribution is 2.26. The molecule has 1 atom stereocenters. The van der Waals surface area contributed by atoms with Gasteiger partial charge in [-0.05, 0) is 19.4 Å². The first kappa shape index (κ1) is 10.6. The van der Waals surface area contributed by atoms with Gasteiger partial charge in [0.2, 0.25) is 6.23 Å². The molecule has 0 saturated heterocycles. The summed E-state index contributed by atoms with van der Waals surface area (Å²) in [6.07, 6.45) is 1.34. The van der Waals surface area contributed by atoms with E-state index in [2.05, 4.69) is 5.11 Å². The van der Waals surface area contributed by atoms with E-state index in [1.165, 1.54) is 6.26 Å². The van der Waals surface area contributed by atoms with Crippen LogP contribution in [0.4, 0.5) is 0 Å². The average Bonchev–Trinajstić information content (AvgIpc) is 2.18. The van der Waals surface area contributed by atoms with Crippen LogP contribution in [0.1, 0.15) is 27.2 Å². The van der Waals surface area contributed by atoms with Crippen molar-refractivity contribution in [3.05, 3.63) is 23.0 Å². The fourth-order valence-electron chi connectivity index (χ4n) is 1.51. The van der Waals surface area contributed by atoms with Crippen LogP contribution in [0.15, 0.2) is 28.1 Å². The van der Waals surface area contributed by atoms with Gasteiger partial charge in [0.1, 0.15) is 0 Å². The van der Waals surface area contributed by atoms with Crippen LogP contribution in [-0.4, -0.2) is 12.0 Å². The van der Waals surface area contributed by atoms with E-state index in [1.54, 1.807) is 6.92 Å². The van der Waals surface area contributed by atoms with Crippen molar-refractivity contribution in [1.82, 2.24) is 0 Å². The van der Waals surface area contributed by atoms with Gasteiger partial charge >= 0.3 is 0 Å². The summed E-state index contributed by atoms with van der Waals surface area (Å²) in [4.78, 5) is 11.6. The van der Waals surface area contributed by atoms with Crippen LogP contribution in [0, 0.1) is 5.53 Å². The van der Waals surface area contributed by atoms with Crippen molar-refractivity contribution in [3.63, 3.8) is 0 Å². The number of carbonyl (C=O) groups is 1. The van der Waals surface area contributed by atoms with Gasteiger partial charge in [0, 0.05) is 17.6 Å². The number of hydrogen-bond donors (Lipinski definition) is 1. The van der Waals surface area contributed by atoms with Gasteiger partial charge in [-0.3, -0.25) is 4.79 Å². The van der Waals surface area contributed by atoms with Crippen LogP contribution in [0.5, 0.6) is 0 Å². The van der Waals surface area contributed by atoms with E-state index in [1.807, 2.05) is 13.8 Å². The molecule has 0 radical (unpaired) electrons. The van der Waals surface area contributed by atoms with Crippen molar-refractivity contribution < 1.29 is 9.53 Å². The molecule has 0 aromatic carbocycles. The quantitative estimate of drug-likeness (QED) is 0.702. The first-order valence-electron chi connectivity index (χ1n) is 4.55. The molecule has 0 amide bonds. The number of ketones is 1. The Morgan fingerprint density at radius 2 is 2.29 bits per heavy atom. The maximum atomic E-state index is 11.6. The molecular formula is C10H14N2O2. The van der Waals surface area contributed by atoms with Gasteiger partial charge in [-0.25, -0.2) is 5.53 Å². The molecule has 4 heteroatoms. The lowest BCUT2D eigenvalue weighted by atomic mass is 9.95. The Kier molecular flexibility index (Phi) is 3.17. The number of allylic oxidation sites excluding steroid dienone is 2. The SMILES string of the molecule is CCC(=O)C1=C(C)C(N=N)OC=C1C. The number of rotatable bonds is 3. The zero-order chi connectivity index (χ0) is 10.7. The van der Waals surface area contributed by atoms with E-state index < -0.39 is 6.23 Å². The van der Waals surface area contributed by atoms with Gasteiger partial charge in [0.25, 0.3) is 0 Å². The van der Waals surface area contributed by atoms with Crippen molar-refractivity contribution in [2.45, 2.75) is 33.4 Å². The smallest absolute Gasteiger partial charge is 0.230 e. The van der Waals surface area contributed by atoms with Crippen LogP contribution in [0.2, 0.25) is 0 Å². The Bertz CT molecular complexity index is 329. The van der Waals surface area contributed by atoms with Gasteiger partial charge in [-0.15, -0.1) is 5.11 Å². The Labute approximate surface area is 83.2 Å². The largest absolute Gasteiger partial charge is 0.470 e. The van der Waals surface area contributed by atoms with Crippen molar-refractivity contribution in [1.29, 1.82) is 5.53 Å². The monoisotopic (exact) mass is 194 g/mol. The van der Waals surface area contributed by atoms with Gasteiger partial charge in [0.15, 0.2) is 5.78 Å². The number of nitrogens with one attached hydrogen (secondary N) is 1. The van der Waals surface area contributed by atoms with Gasteiger partial charge in [0.05, 0.1) is 6.26 Å². The summed E-state index contributed by atoms with van der Waals surface area (Å²) in [5, 5.41) is 3.30. The highest BCUT2D eigenvalue weighted by Gasteiger charge is 2.23.